The molecule has 0 aliphatic carbocycles. The van der Waals surface area contributed by atoms with E-state index in [1.165, 1.54) is 44.6 Å². The summed E-state index contributed by atoms with van der Waals surface area (Å²) in [7, 11) is -0.795. The van der Waals surface area contributed by atoms with Crippen LogP contribution in [0.1, 0.15) is 33.2 Å². The van der Waals surface area contributed by atoms with Gasteiger partial charge < -0.3 is 9.47 Å². The highest BCUT2D eigenvalue weighted by atomic mass is 32.2. The van der Waals surface area contributed by atoms with Gasteiger partial charge in [0.15, 0.2) is 11.5 Å². The maximum atomic E-state index is 12.5. The van der Waals surface area contributed by atoms with Crippen LogP contribution in [-0.2, 0) is 10.0 Å². The maximum absolute atomic E-state index is 12.5. The molecule has 2 aromatic carbocycles. The Bertz CT molecular complexity index is 1020. The molecular formula is C19H23N3O6S. The van der Waals surface area contributed by atoms with Crippen molar-refractivity contribution in [2.45, 2.75) is 18.7 Å². The minimum absolute atomic E-state index is 0.0404. The second-order valence-electron chi connectivity index (χ2n) is 5.96. The van der Waals surface area contributed by atoms with Crippen LogP contribution in [0, 0.1) is 6.92 Å². The van der Waals surface area contributed by atoms with E-state index in [9.17, 15) is 18.0 Å². The second kappa shape index (κ2) is 9.39. The average molecular weight is 421 g/mol. The van der Waals surface area contributed by atoms with Crippen molar-refractivity contribution in [2.75, 3.05) is 20.8 Å². The Balaban J connectivity index is 2.16. The summed E-state index contributed by atoms with van der Waals surface area (Å²) < 4.78 is 36.9. The van der Waals surface area contributed by atoms with Crippen molar-refractivity contribution in [1.29, 1.82) is 0 Å². The third-order valence-corrected chi connectivity index (χ3v) is 5.58. The molecule has 2 rings (SSSR count). The largest absolute Gasteiger partial charge is 0.493 e. The molecule has 0 fully saturated rings. The van der Waals surface area contributed by atoms with Crippen LogP contribution in [-0.4, -0.2) is 41.0 Å². The molecular weight excluding hydrogens is 398 g/mol. The van der Waals surface area contributed by atoms with Gasteiger partial charge in [-0.15, -0.1) is 0 Å². The van der Waals surface area contributed by atoms with E-state index in [0.717, 1.165) is 0 Å². The summed E-state index contributed by atoms with van der Waals surface area (Å²) in [6.07, 6.45) is 0. The summed E-state index contributed by atoms with van der Waals surface area (Å²) >= 11 is 0. The molecule has 0 unspecified atom stereocenters. The van der Waals surface area contributed by atoms with Gasteiger partial charge in [0, 0.05) is 17.7 Å². The van der Waals surface area contributed by atoms with Gasteiger partial charge in [0.05, 0.1) is 19.1 Å². The number of sulfonamides is 1. The molecule has 0 atom stereocenters. The summed E-state index contributed by atoms with van der Waals surface area (Å²) in [4.78, 5) is 24.8. The Morgan fingerprint density at radius 3 is 2.21 bits per heavy atom. The number of carbonyl (C=O) groups excluding carboxylic acids is 2. The molecule has 156 valence electrons. The molecule has 0 bridgehead atoms. The van der Waals surface area contributed by atoms with Crippen LogP contribution >= 0.6 is 0 Å². The minimum Gasteiger partial charge on any atom is -0.493 e. The van der Waals surface area contributed by atoms with Gasteiger partial charge in [0.25, 0.3) is 11.8 Å². The lowest BCUT2D eigenvalue weighted by Crippen LogP contribution is -2.42. The number of nitrogens with one attached hydrogen (secondary N) is 3. The zero-order valence-corrected chi connectivity index (χ0v) is 17.3. The number of aryl methyl sites for hydroxylation is 1. The second-order valence-corrected chi connectivity index (χ2v) is 7.72. The molecule has 0 spiro atoms. The molecule has 0 aliphatic rings. The van der Waals surface area contributed by atoms with Gasteiger partial charge in [-0.3, -0.25) is 20.4 Å². The van der Waals surface area contributed by atoms with E-state index >= 15 is 0 Å². The first-order valence-corrected chi connectivity index (χ1v) is 10.1. The molecule has 0 radical (unpaired) electrons. The van der Waals surface area contributed by atoms with Crippen LogP contribution in [0.4, 0.5) is 0 Å². The van der Waals surface area contributed by atoms with Crippen molar-refractivity contribution in [3.8, 4) is 11.5 Å². The first-order valence-electron chi connectivity index (χ1n) is 8.66. The molecule has 0 aromatic heterocycles. The fourth-order valence-electron chi connectivity index (χ4n) is 2.52. The molecule has 2 amide bonds. The lowest BCUT2D eigenvalue weighted by molar-refractivity contribution is 0.0846. The highest BCUT2D eigenvalue weighted by molar-refractivity contribution is 7.89. The zero-order valence-electron chi connectivity index (χ0n) is 16.5. The van der Waals surface area contributed by atoms with Crippen molar-refractivity contribution >= 4 is 21.8 Å². The zero-order chi connectivity index (χ0) is 21.6. The van der Waals surface area contributed by atoms with Crippen LogP contribution in [0.25, 0.3) is 0 Å². The highest BCUT2D eigenvalue weighted by Crippen LogP contribution is 2.27. The number of hydrazine groups is 1. The summed E-state index contributed by atoms with van der Waals surface area (Å²) in [6, 6.07) is 8.73. The molecule has 0 saturated carbocycles. The number of hydrogen-bond donors (Lipinski definition) is 3. The van der Waals surface area contributed by atoms with E-state index in [1.807, 2.05) is 0 Å². The molecule has 10 heteroatoms. The molecule has 3 N–H and O–H groups in total. The maximum Gasteiger partial charge on any atom is 0.270 e. The molecule has 0 saturated heterocycles. The number of ether oxygens (including phenoxy) is 2. The van der Waals surface area contributed by atoms with Crippen LogP contribution in [0.5, 0.6) is 11.5 Å². The molecule has 2 aromatic rings. The molecule has 9 nitrogen and oxygen atoms in total. The Kier molecular flexibility index (Phi) is 7.18. The van der Waals surface area contributed by atoms with Crippen molar-refractivity contribution in [3.63, 3.8) is 0 Å². The van der Waals surface area contributed by atoms with E-state index in [1.54, 1.807) is 19.9 Å². The highest BCUT2D eigenvalue weighted by Gasteiger charge is 2.18. The van der Waals surface area contributed by atoms with Gasteiger partial charge in [-0.05, 0) is 42.8 Å². The predicted molar refractivity (Wildman–Crippen MR) is 107 cm³/mol. The van der Waals surface area contributed by atoms with Crippen LogP contribution < -0.4 is 25.0 Å². The quantitative estimate of drug-likeness (QED) is 0.581. The first kappa shape index (κ1) is 22.2. The van der Waals surface area contributed by atoms with Crippen molar-refractivity contribution in [1.82, 2.24) is 15.6 Å². The van der Waals surface area contributed by atoms with E-state index in [-0.39, 0.29) is 22.6 Å². The van der Waals surface area contributed by atoms with Gasteiger partial charge in [0.2, 0.25) is 10.0 Å². The Morgan fingerprint density at radius 2 is 1.59 bits per heavy atom. The van der Waals surface area contributed by atoms with Gasteiger partial charge in [-0.25, -0.2) is 13.1 Å². The van der Waals surface area contributed by atoms with Crippen molar-refractivity contribution in [3.05, 3.63) is 53.1 Å². The number of carbonyl (C=O) groups is 2. The van der Waals surface area contributed by atoms with E-state index in [2.05, 4.69) is 15.6 Å². The average Bonchev–Trinajstić information content (AvgIpc) is 2.71. The van der Waals surface area contributed by atoms with E-state index < -0.39 is 21.8 Å². The number of amides is 2. The lowest BCUT2D eigenvalue weighted by Gasteiger charge is -2.12. The van der Waals surface area contributed by atoms with Crippen molar-refractivity contribution in [2.24, 2.45) is 0 Å². The monoisotopic (exact) mass is 421 g/mol. The predicted octanol–water partition coefficient (Wildman–Crippen LogP) is 1.39. The van der Waals surface area contributed by atoms with E-state index in [0.29, 0.717) is 17.1 Å². The Morgan fingerprint density at radius 1 is 0.931 bits per heavy atom. The van der Waals surface area contributed by atoms with Gasteiger partial charge in [0.1, 0.15) is 0 Å². The minimum atomic E-state index is -3.71. The van der Waals surface area contributed by atoms with Crippen molar-refractivity contribution < 1.29 is 27.5 Å². The van der Waals surface area contributed by atoms with Crippen LogP contribution in [0.3, 0.4) is 0 Å². The normalized spacial score (nSPS) is 10.9. The summed E-state index contributed by atoms with van der Waals surface area (Å²) in [5.74, 6) is -0.399. The van der Waals surface area contributed by atoms with Crippen LogP contribution in [0.15, 0.2) is 41.3 Å². The van der Waals surface area contributed by atoms with Gasteiger partial charge in [-0.2, -0.15) is 0 Å². The molecule has 0 heterocycles. The number of rotatable bonds is 7. The number of methoxy groups -OCH3 is 2. The van der Waals surface area contributed by atoms with Gasteiger partial charge in [-0.1, -0.05) is 13.0 Å². The topological polar surface area (TPSA) is 123 Å². The first-order chi connectivity index (χ1) is 13.7. The Hall–Kier alpha value is -3.11. The van der Waals surface area contributed by atoms with E-state index in [4.69, 9.17) is 9.47 Å². The third kappa shape index (κ3) is 5.24. The third-order valence-electron chi connectivity index (χ3n) is 4.03. The Labute approximate surface area is 169 Å². The fourth-order valence-corrected chi connectivity index (χ4v) is 3.58. The summed E-state index contributed by atoms with van der Waals surface area (Å²) in [6.45, 7) is 3.54. The summed E-state index contributed by atoms with van der Waals surface area (Å²) in [5.41, 5.74) is 5.50. The molecule has 0 aliphatic heterocycles. The fraction of sp³-hybridized carbons (Fsp3) is 0.263. The molecule has 29 heavy (non-hydrogen) atoms. The smallest absolute Gasteiger partial charge is 0.270 e. The standard InChI is InChI=1S/C19H23N3O6S/c1-5-20-29(25,26)14-8-6-12(2)15(11-14)19(24)22-21-18(23)13-7-9-16(27-3)17(10-13)28-4/h6-11,20H,5H2,1-4H3,(H,21,23)(H,22,24). The summed E-state index contributed by atoms with van der Waals surface area (Å²) in [5, 5.41) is 0. The lowest BCUT2D eigenvalue weighted by atomic mass is 10.1. The number of hydrogen-bond acceptors (Lipinski definition) is 6. The SMILES string of the molecule is CCNS(=O)(=O)c1ccc(C)c(C(=O)NNC(=O)c2ccc(OC)c(OC)c2)c1. The van der Waals surface area contributed by atoms with Gasteiger partial charge >= 0.3 is 0 Å². The van der Waals surface area contributed by atoms with Crippen LogP contribution in [0.2, 0.25) is 0 Å². The number of benzene rings is 2.